The standard InChI is InChI=1S/C18H33N7O8S/c1-8(26)13(25-14(29)9(19)7-34)16(31)23-10(3-2-6-22-18(20)21)15(30)24-11(17(32)33)4-5-12(27)28/h8-11,13,26,34H,2-7,19H2,1H3,(H,23,31)(H,24,30)(H,25,29)(H,27,28)(H,32,33)(H4,20,21,22). The summed E-state index contributed by atoms with van der Waals surface area (Å²) in [6.45, 7) is 1.33. The van der Waals surface area contributed by atoms with Crippen molar-refractivity contribution in [1.82, 2.24) is 16.0 Å². The second kappa shape index (κ2) is 15.7. The van der Waals surface area contributed by atoms with E-state index >= 15 is 0 Å². The molecular weight excluding hydrogens is 474 g/mol. The summed E-state index contributed by atoms with van der Waals surface area (Å²) in [5.74, 6) is -5.55. The van der Waals surface area contributed by atoms with Gasteiger partial charge in [0.15, 0.2) is 5.96 Å². The van der Waals surface area contributed by atoms with E-state index in [9.17, 15) is 34.2 Å². The number of carbonyl (C=O) groups is 5. The van der Waals surface area contributed by atoms with Gasteiger partial charge in [0, 0.05) is 18.7 Å². The molecule has 194 valence electrons. The molecule has 0 saturated heterocycles. The summed E-state index contributed by atoms with van der Waals surface area (Å²) >= 11 is 3.89. The maximum atomic E-state index is 12.7. The number of rotatable bonds is 16. The van der Waals surface area contributed by atoms with E-state index in [1.807, 2.05) is 0 Å². The zero-order valence-corrected chi connectivity index (χ0v) is 19.5. The van der Waals surface area contributed by atoms with Crippen LogP contribution >= 0.6 is 12.6 Å². The van der Waals surface area contributed by atoms with E-state index in [-0.39, 0.29) is 37.5 Å². The average molecular weight is 508 g/mol. The molecule has 0 radical (unpaired) electrons. The number of hydrogen-bond acceptors (Lipinski definition) is 9. The number of thiol groups is 1. The lowest BCUT2D eigenvalue weighted by molar-refractivity contribution is -0.143. The van der Waals surface area contributed by atoms with E-state index in [1.54, 1.807) is 0 Å². The largest absolute Gasteiger partial charge is 0.481 e. The van der Waals surface area contributed by atoms with Crippen molar-refractivity contribution in [2.75, 3.05) is 12.3 Å². The predicted octanol–water partition coefficient (Wildman–Crippen LogP) is -3.92. The zero-order valence-electron chi connectivity index (χ0n) is 18.6. The Morgan fingerprint density at radius 2 is 1.53 bits per heavy atom. The van der Waals surface area contributed by atoms with Gasteiger partial charge in [-0.3, -0.25) is 24.2 Å². The lowest BCUT2D eigenvalue weighted by atomic mass is 10.1. The van der Waals surface area contributed by atoms with Crippen LogP contribution in [0.4, 0.5) is 0 Å². The maximum absolute atomic E-state index is 12.7. The Kier molecular flexibility index (Phi) is 14.2. The van der Waals surface area contributed by atoms with Crippen LogP contribution in [0.15, 0.2) is 4.99 Å². The third-order valence-electron chi connectivity index (χ3n) is 4.44. The number of hydrogen-bond donors (Lipinski definition) is 10. The van der Waals surface area contributed by atoms with Crippen LogP contribution in [-0.2, 0) is 24.0 Å². The van der Waals surface area contributed by atoms with Gasteiger partial charge in [-0.1, -0.05) is 0 Å². The Bertz CT molecular complexity index is 761. The number of aliphatic hydroxyl groups is 1. The van der Waals surface area contributed by atoms with Crippen LogP contribution in [0.3, 0.4) is 0 Å². The first kappa shape index (κ1) is 30.9. The average Bonchev–Trinajstić information content (AvgIpc) is 2.74. The van der Waals surface area contributed by atoms with Crippen molar-refractivity contribution in [3.8, 4) is 0 Å². The van der Waals surface area contributed by atoms with Crippen molar-refractivity contribution in [2.45, 2.75) is 62.9 Å². The number of nitrogens with two attached hydrogens (primary N) is 3. The SMILES string of the molecule is CC(O)C(NC(=O)C(N)CS)C(=O)NC(CCCN=C(N)N)C(=O)NC(CCC(=O)O)C(=O)O. The Morgan fingerprint density at radius 3 is 2.00 bits per heavy atom. The fraction of sp³-hybridized carbons (Fsp3) is 0.667. The highest BCUT2D eigenvalue weighted by molar-refractivity contribution is 7.80. The summed E-state index contributed by atoms with van der Waals surface area (Å²) in [6.07, 6.45) is -2.13. The van der Waals surface area contributed by atoms with Crippen LogP contribution in [-0.4, -0.2) is 93.5 Å². The molecule has 0 aliphatic rings. The molecule has 0 fully saturated rings. The zero-order chi connectivity index (χ0) is 26.4. The van der Waals surface area contributed by atoms with Gasteiger partial charge in [0.05, 0.1) is 12.1 Å². The fourth-order valence-electron chi connectivity index (χ4n) is 2.58. The molecule has 16 heteroatoms. The van der Waals surface area contributed by atoms with E-state index in [1.165, 1.54) is 6.92 Å². The number of carboxylic acid groups (broad SMARTS) is 2. The molecule has 12 N–H and O–H groups in total. The van der Waals surface area contributed by atoms with Crippen LogP contribution in [0.2, 0.25) is 0 Å². The molecule has 15 nitrogen and oxygen atoms in total. The molecule has 5 atom stereocenters. The van der Waals surface area contributed by atoms with Crippen LogP contribution < -0.4 is 33.2 Å². The Labute approximate surface area is 201 Å². The number of nitrogens with zero attached hydrogens (tertiary/aromatic N) is 1. The smallest absolute Gasteiger partial charge is 0.326 e. The second-order valence-electron chi connectivity index (χ2n) is 7.36. The predicted molar refractivity (Wildman–Crippen MR) is 124 cm³/mol. The minimum absolute atomic E-state index is 0.0251. The van der Waals surface area contributed by atoms with Gasteiger partial charge in [0.25, 0.3) is 0 Å². The number of carboxylic acids is 2. The fourth-order valence-corrected chi connectivity index (χ4v) is 2.75. The molecule has 0 saturated carbocycles. The number of guanidine groups is 1. The molecule has 0 spiro atoms. The minimum Gasteiger partial charge on any atom is -0.481 e. The van der Waals surface area contributed by atoms with Crippen molar-refractivity contribution in [3.63, 3.8) is 0 Å². The molecule has 0 aliphatic heterocycles. The normalized spacial score (nSPS) is 15.1. The first-order valence-electron chi connectivity index (χ1n) is 10.3. The maximum Gasteiger partial charge on any atom is 0.326 e. The summed E-state index contributed by atoms with van der Waals surface area (Å²) in [6, 6.07) is -5.37. The Balaban J connectivity index is 5.54. The minimum atomic E-state index is -1.53. The molecule has 3 amide bonds. The molecule has 0 rings (SSSR count). The lowest BCUT2D eigenvalue weighted by Gasteiger charge is -2.26. The van der Waals surface area contributed by atoms with Gasteiger partial charge in [-0.05, 0) is 26.2 Å². The quantitative estimate of drug-likeness (QED) is 0.0417. The number of carbonyl (C=O) groups excluding carboxylic acids is 3. The van der Waals surface area contributed by atoms with Crippen molar-refractivity contribution < 1.29 is 39.3 Å². The van der Waals surface area contributed by atoms with Gasteiger partial charge in [0.2, 0.25) is 17.7 Å². The van der Waals surface area contributed by atoms with Crippen molar-refractivity contribution in [2.24, 2.45) is 22.2 Å². The van der Waals surface area contributed by atoms with Gasteiger partial charge in [-0.2, -0.15) is 12.6 Å². The lowest BCUT2D eigenvalue weighted by Crippen LogP contribution is -2.60. The summed E-state index contributed by atoms with van der Waals surface area (Å²) < 4.78 is 0. The van der Waals surface area contributed by atoms with Gasteiger partial charge >= 0.3 is 11.9 Å². The highest BCUT2D eigenvalue weighted by Gasteiger charge is 2.32. The third kappa shape index (κ3) is 12.2. The molecule has 0 aromatic carbocycles. The first-order chi connectivity index (χ1) is 15.8. The van der Waals surface area contributed by atoms with Gasteiger partial charge < -0.3 is 48.5 Å². The number of aliphatic imine (C=N–C) groups is 1. The molecule has 0 aliphatic carbocycles. The monoisotopic (exact) mass is 507 g/mol. The van der Waals surface area contributed by atoms with E-state index in [0.29, 0.717) is 0 Å². The molecule has 0 aromatic heterocycles. The molecule has 5 unspecified atom stereocenters. The highest BCUT2D eigenvalue weighted by Crippen LogP contribution is 2.05. The number of amides is 3. The highest BCUT2D eigenvalue weighted by atomic mass is 32.1. The topological polar surface area (TPSA) is 273 Å². The number of aliphatic hydroxyl groups excluding tert-OH is 1. The van der Waals surface area contributed by atoms with Crippen molar-refractivity contribution in [3.05, 3.63) is 0 Å². The molecule has 0 aromatic rings. The van der Waals surface area contributed by atoms with Gasteiger partial charge in [-0.15, -0.1) is 0 Å². The van der Waals surface area contributed by atoms with Gasteiger partial charge in [-0.25, -0.2) is 4.79 Å². The second-order valence-corrected chi connectivity index (χ2v) is 7.72. The van der Waals surface area contributed by atoms with Gasteiger partial charge in [0.1, 0.15) is 18.1 Å². The van der Waals surface area contributed by atoms with Crippen LogP contribution in [0.1, 0.15) is 32.6 Å². The number of aliphatic carboxylic acids is 2. The molecule has 0 heterocycles. The van der Waals surface area contributed by atoms with E-state index < -0.39 is 66.4 Å². The summed E-state index contributed by atoms with van der Waals surface area (Å²) in [4.78, 5) is 63.4. The van der Waals surface area contributed by atoms with E-state index in [4.69, 9.17) is 22.3 Å². The van der Waals surface area contributed by atoms with Crippen molar-refractivity contribution in [1.29, 1.82) is 0 Å². The van der Waals surface area contributed by atoms with Crippen LogP contribution in [0.25, 0.3) is 0 Å². The van der Waals surface area contributed by atoms with Crippen LogP contribution in [0.5, 0.6) is 0 Å². The molecular formula is C18H33N7O8S. The Morgan fingerprint density at radius 1 is 0.941 bits per heavy atom. The number of nitrogens with one attached hydrogen (secondary N) is 3. The van der Waals surface area contributed by atoms with Crippen LogP contribution in [0, 0.1) is 0 Å². The van der Waals surface area contributed by atoms with E-state index in [0.717, 1.165) is 0 Å². The Hall–Kier alpha value is -3.11. The molecule has 34 heavy (non-hydrogen) atoms. The summed E-state index contributed by atoms with van der Waals surface area (Å²) in [5.41, 5.74) is 16.0. The van der Waals surface area contributed by atoms with Crippen molar-refractivity contribution >= 4 is 48.2 Å². The summed E-state index contributed by atoms with van der Waals surface area (Å²) in [7, 11) is 0. The molecule has 0 bridgehead atoms. The first-order valence-corrected chi connectivity index (χ1v) is 10.9. The summed E-state index contributed by atoms with van der Waals surface area (Å²) in [5, 5.41) is 34.8. The third-order valence-corrected chi connectivity index (χ3v) is 4.83. The van der Waals surface area contributed by atoms with E-state index in [2.05, 4.69) is 33.6 Å².